The van der Waals surface area contributed by atoms with Gasteiger partial charge in [0.05, 0.1) is 25.0 Å². The molecule has 0 bridgehead atoms. The van der Waals surface area contributed by atoms with E-state index in [9.17, 15) is 4.79 Å². The summed E-state index contributed by atoms with van der Waals surface area (Å²) in [6.07, 6.45) is 13.8. The van der Waals surface area contributed by atoms with Crippen molar-refractivity contribution in [2.24, 2.45) is 5.92 Å². The number of carbonyl (C=O) groups excluding carboxylic acids is 1. The highest BCUT2D eigenvalue weighted by atomic mass is 16.2. The van der Waals surface area contributed by atoms with Crippen molar-refractivity contribution in [1.29, 1.82) is 0 Å². The van der Waals surface area contributed by atoms with Crippen molar-refractivity contribution in [1.82, 2.24) is 29.9 Å². The van der Waals surface area contributed by atoms with E-state index in [4.69, 9.17) is 0 Å². The van der Waals surface area contributed by atoms with Crippen LogP contribution in [0.1, 0.15) is 32.1 Å². The van der Waals surface area contributed by atoms with E-state index in [-0.39, 0.29) is 12.0 Å². The Labute approximate surface area is 153 Å². The molecule has 2 aromatic rings. The molecule has 4 heterocycles. The van der Waals surface area contributed by atoms with Crippen LogP contribution < -0.4 is 4.90 Å². The third-order valence-electron chi connectivity index (χ3n) is 5.50. The number of amides is 1. The molecular weight excluding hydrogens is 330 g/mol. The SMILES string of the molecule is O=C(C1CCN(c2cnccn2)CC1)N1CCCCC1Cn1ccnn1. The van der Waals surface area contributed by atoms with Gasteiger partial charge in [-0.2, -0.15) is 0 Å². The van der Waals surface area contributed by atoms with Crippen LogP contribution in [0.15, 0.2) is 31.0 Å². The summed E-state index contributed by atoms with van der Waals surface area (Å²) in [7, 11) is 0. The minimum atomic E-state index is 0.110. The Kier molecular flexibility index (Phi) is 5.08. The molecule has 2 aliphatic heterocycles. The molecule has 2 fully saturated rings. The molecule has 0 saturated carbocycles. The van der Waals surface area contributed by atoms with Crippen molar-refractivity contribution in [3.8, 4) is 0 Å². The zero-order chi connectivity index (χ0) is 17.8. The maximum Gasteiger partial charge on any atom is 0.226 e. The number of aromatic nitrogens is 5. The van der Waals surface area contributed by atoms with Crippen LogP contribution in [-0.4, -0.2) is 61.4 Å². The van der Waals surface area contributed by atoms with Crippen molar-refractivity contribution < 1.29 is 4.79 Å². The van der Waals surface area contributed by atoms with E-state index < -0.39 is 0 Å². The number of rotatable bonds is 4. The van der Waals surface area contributed by atoms with Gasteiger partial charge in [0.15, 0.2) is 0 Å². The first-order chi connectivity index (χ1) is 12.8. The number of hydrogen-bond donors (Lipinski definition) is 0. The minimum absolute atomic E-state index is 0.110. The highest BCUT2D eigenvalue weighted by Crippen LogP contribution is 2.26. The van der Waals surface area contributed by atoms with Gasteiger partial charge in [-0.3, -0.25) is 14.5 Å². The molecule has 138 valence electrons. The maximum atomic E-state index is 13.2. The summed E-state index contributed by atoms with van der Waals surface area (Å²) < 4.78 is 1.84. The van der Waals surface area contributed by atoms with Gasteiger partial charge in [-0.25, -0.2) is 4.98 Å². The van der Waals surface area contributed by atoms with Crippen LogP contribution in [0.5, 0.6) is 0 Å². The zero-order valence-corrected chi connectivity index (χ0v) is 14.9. The van der Waals surface area contributed by atoms with E-state index in [1.165, 1.54) is 6.42 Å². The smallest absolute Gasteiger partial charge is 0.226 e. The van der Waals surface area contributed by atoms with Crippen molar-refractivity contribution in [3.63, 3.8) is 0 Å². The molecule has 2 saturated heterocycles. The fourth-order valence-electron chi connectivity index (χ4n) is 4.07. The van der Waals surface area contributed by atoms with Gasteiger partial charge in [0.2, 0.25) is 5.91 Å². The topological polar surface area (TPSA) is 80.0 Å². The normalized spacial score (nSPS) is 21.8. The first-order valence-electron chi connectivity index (χ1n) is 9.47. The Bertz CT molecular complexity index is 698. The Hall–Kier alpha value is -2.51. The molecule has 2 aliphatic rings. The summed E-state index contributed by atoms with van der Waals surface area (Å²) in [6, 6.07) is 0.232. The molecule has 0 radical (unpaired) electrons. The Balaban J connectivity index is 1.37. The fraction of sp³-hybridized carbons (Fsp3) is 0.611. The average molecular weight is 355 g/mol. The summed E-state index contributed by atoms with van der Waals surface area (Å²) in [4.78, 5) is 26.0. The Morgan fingerprint density at radius 3 is 2.69 bits per heavy atom. The van der Waals surface area contributed by atoms with Crippen LogP contribution in [0, 0.1) is 5.92 Å². The van der Waals surface area contributed by atoms with Crippen LogP contribution in [0.2, 0.25) is 0 Å². The van der Waals surface area contributed by atoms with Gasteiger partial charge in [0.1, 0.15) is 5.82 Å². The van der Waals surface area contributed by atoms with Crippen molar-refractivity contribution >= 4 is 11.7 Å². The second kappa shape index (κ2) is 7.80. The molecule has 0 N–H and O–H groups in total. The zero-order valence-electron chi connectivity index (χ0n) is 14.9. The number of likely N-dealkylation sites (tertiary alicyclic amines) is 1. The Morgan fingerprint density at radius 1 is 1.08 bits per heavy atom. The van der Waals surface area contributed by atoms with Gasteiger partial charge in [-0.05, 0) is 32.1 Å². The van der Waals surface area contributed by atoms with Gasteiger partial charge in [-0.15, -0.1) is 5.10 Å². The average Bonchev–Trinajstić information content (AvgIpc) is 3.22. The second-order valence-electron chi connectivity index (χ2n) is 7.13. The standard InChI is InChI=1S/C18H25N7O/c26-18(15-4-10-23(11-5-15)17-13-19-6-7-20-17)25-9-2-1-3-16(25)14-24-12-8-21-22-24/h6-8,12-13,15-16H,1-5,9-11,14H2. The highest BCUT2D eigenvalue weighted by Gasteiger charge is 2.34. The van der Waals surface area contributed by atoms with Gasteiger partial charge in [0, 0.05) is 44.1 Å². The number of carbonyl (C=O) groups is 1. The fourth-order valence-corrected chi connectivity index (χ4v) is 4.07. The van der Waals surface area contributed by atoms with Gasteiger partial charge < -0.3 is 9.80 Å². The van der Waals surface area contributed by atoms with Crippen LogP contribution in [0.4, 0.5) is 5.82 Å². The predicted molar refractivity (Wildman–Crippen MR) is 96.3 cm³/mol. The van der Waals surface area contributed by atoms with Crippen LogP contribution in [0.3, 0.4) is 0 Å². The first-order valence-corrected chi connectivity index (χ1v) is 9.47. The monoisotopic (exact) mass is 355 g/mol. The number of piperidine rings is 2. The van der Waals surface area contributed by atoms with Crippen molar-refractivity contribution in [2.45, 2.75) is 44.7 Å². The van der Waals surface area contributed by atoms with E-state index in [2.05, 4.69) is 30.1 Å². The molecule has 0 aliphatic carbocycles. The molecule has 26 heavy (non-hydrogen) atoms. The molecule has 8 nitrogen and oxygen atoms in total. The molecule has 0 aromatic carbocycles. The van der Waals surface area contributed by atoms with E-state index in [1.807, 2.05) is 10.9 Å². The summed E-state index contributed by atoms with van der Waals surface area (Å²) in [6.45, 7) is 3.32. The number of anilines is 1. The van der Waals surface area contributed by atoms with Crippen LogP contribution in [0.25, 0.3) is 0 Å². The lowest BCUT2D eigenvalue weighted by molar-refractivity contribution is -0.140. The summed E-state index contributed by atoms with van der Waals surface area (Å²) in [5.41, 5.74) is 0. The van der Waals surface area contributed by atoms with E-state index in [0.29, 0.717) is 5.91 Å². The molecule has 4 rings (SSSR count). The lowest BCUT2D eigenvalue weighted by Gasteiger charge is -2.40. The molecular formula is C18H25N7O. The first kappa shape index (κ1) is 16.9. The summed E-state index contributed by atoms with van der Waals surface area (Å²) in [5.74, 6) is 1.33. The third-order valence-corrected chi connectivity index (χ3v) is 5.50. The molecule has 0 spiro atoms. The Morgan fingerprint density at radius 2 is 1.96 bits per heavy atom. The maximum absolute atomic E-state index is 13.2. The summed E-state index contributed by atoms with van der Waals surface area (Å²) in [5, 5.41) is 7.95. The summed E-state index contributed by atoms with van der Waals surface area (Å²) >= 11 is 0. The number of nitrogens with zero attached hydrogens (tertiary/aromatic N) is 7. The quantitative estimate of drug-likeness (QED) is 0.824. The lowest BCUT2D eigenvalue weighted by Crippen LogP contribution is -2.50. The van der Waals surface area contributed by atoms with Gasteiger partial charge >= 0.3 is 0 Å². The largest absolute Gasteiger partial charge is 0.355 e. The highest BCUT2D eigenvalue weighted by molar-refractivity contribution is 5.79. The van der Waals surface area contributed by atoms with E-state index in [1.54, 1.807) is 24.8 Å². The predicted octanol–water partition coefficient (Wildman–Crippen LogP) is 1.37. The molecule has 2 aromatic heterocycles. The van der Waals surface area contributed by atoms with E-state index in [0.717, 1.165) is 57.7 Å². The van der Waals surface area contributed by atoms with Gasteiger partial charge in [-0.1, -0.05) is 5.21 Å². The van der Waals surface area contributed by atoms with Crippen molar-refractivity contribution in [2.75, 3.05) is 24.5 Å². The van der Waals surface area contributed by atoms with Crippen LogP contribution in [-0.2, 0) is 11.3 Å². The third kappa shape index (κ3) is 3.68. The molecule has 1 unspecified atom stereocenters. The molecule has 8 heteroatoms. The van der Waals surface area contributed by atoms with Crippen molar-refractivity contribution in [3.05, 3.63) is 31.0 Å². The lowest BCUT2D eigenvalue weighted by atomic mass is 9.92. The number of hydrogen-bond acceptors (Lipinski definition) is 6. The molecule has 1 amide bonds. The minimum Gasteiger partial charge on any atom is -0.355 e. The second-order valence-corrected chi connectivity index (χ2v) is 7.13. The van der Waals surface area contributed by atoms with Crippen LogP contribution >= 0.6 is 0 Å². The molecule has 1 atom stereocenters. The van der Waals surface area contributed by atoms with E-state index >= 15 is 0 Å². The van der Waals surface area contributed by atoms with Gasteiger partial charge in [0.25, 0.3) is 0 Å².